The number of hydrogen-bond donors (Lipinski definition) is 2. The minimum absolute atomic E-state index is 0.0745. The smallest absolute Gasteiger partial charge is 0.327 e. The molecular formula is C9H17NO5S2. The third kappa shape index (κ3) is 8.03. The van der Waals surface area contributed by atoms with Gasteiger partial charge in [-0.2, -0.15) is 11.8 Å². The first-order valence-electron chi connectivity index (χ1n) is 5.06. The second-order valence-corrected chi connectivity index (χ2v) is 7.03. The van der Waals surface area contributed by atoms with Gasteiger partial charge in [-0.05, 0) is 5.75 Å². The summed E-state index contributed by atoms with van der Waals surface area (Å²) in [6, 6.07) is -1.37. The monoisotopic (exact) mass is 283 g/mol. The van der Waals surface area contributed by atoms with Gasteiger partial charge < -0.3 is 10.4 Å². The van der Waals surface area contributed by atoms with Crippen molar-refractivity contribution < 1.29 is 23.1 Å². The largest absolute Gasteiger partial charge is 0.480 e. The Bertz CT molecular complexity index is 366. The van der Waals surface area contributed by atoms with Crippen LogP contribution in [-0.2, 0) is 19.4 Å². The number of carboxylic acid groups (broad SMARTS) is 1. The van der Waals surface area contributed by atoms with E-state index < -0.39 is 33.5 Å². The number of amides is 1. The summed E-state index contributed by atoms with van der Waals surface area (Å²) in [6.07, 6.45) is 0. The molecule has 1 atom stereocenters. The lowest BCUT2D eigenvalue weighted by Gasteiger charge is -2.13. The van der Waals surface area contributed by atoms with E-state index >= 15 is 0 Å². The molecule has 0 aliphatic heterocycles. The van der Waals surface area contributed by atoms with Crippen LogP contribution in [0, 0.1) is 0 Å². The number of carbonyl (C=O) groups excluding carboxylic acids is 1. The van der Waals surface area contributed by atoms with Crippen molar-refractivity contribution in [3.63, 3.8) is 0 Å². The van der Waals surface area contributed by atoms with Crippen molar-refractivity contribution in [1.29, 1.82) is 0 Å². The third-order valence-corrected chi connectivity index (χ3v) is 4.67. The van der Waals surface area contributed by atoms with Gasteiger partial charge in [0.1, 0.15) is 6.04 Å². The highest BCUT2D eigenvalue weighted by Gasteiger charge is 2.25. The molecule has 6 nitrogen and oxygen atoms in total. The van der Waals surface area contributed by atoms with Gasteiger partial charge in [-0.1, -0.05) is 6.92 Å². The van der Waals surface area contributed by atoms with Gasteiger partial charge in [0.25, 0.3) is 0 Å². The molecule has 0 aliphatic rings. The molecule has 0 aromatic carbocycles. The molecule has 0 radical (unpaired) electrons. The lowest BCUT2D eigenvalue weighted by Crippen LogP contribution is -2.45. The Balaban J connectivity index is 4.42. The maximum Gasteiger partial charge on any atom is 0.327 e. The molecule has 0 spiro atoms. The summed E-state index contributed by atoms with van der Waals surface area (Å²) in [5.74, 6) is -1.29. The zero-order chi connectivity index (χ0) is 13.5. The molecule has 8 heteroatoms. The van der Waals surface area contributed by atoms with E-state index in [9.17, 15) is 18.0 Å². The van der Waals surface area contributed by atoms with Gasteiger partial charge in [-0.15, -0.1) is 0 Å². The normalized spacial score (nSPS) is 13.1. The molecule has 0 fully saturated rings. The first-order valence-corrected chi connectivity index (χ1v) is 8.04. The van der Waals surface area contributed by atoms with Gasteiger partial charge in [0.2, 0.25) is 5.91 Å². The quantitative estimate of drug-likeness (QED) is 0.595. The molecule has 17 heavy (non-hydrogen) atoms. The van der Waals surface area contributed by atoms with Crippen LogP contribution in [0.3, 0.4) is 0 Å². The van der Waals surface area contributed by atoms with Gasteiger partial charge in [-0.25, -0.2) is 13.2 Å². The Hall–Kier alpha value is -0.760. The molecule has 0 aliphatic carbocycles. The van der Waals surface area contributed by atoms with Crippen LogP contribution >= 0.6 is 11.8 Å². The summed E-state index contributed by atoms with van der Waals surface area (Å²) in [5.41, 5.74) is 0. The number of carbonyl (C=O) groups is 2. The van der Waals surface area contributed by atoms with Crippen molar-refractivity contribution in [3.8, 4) is 0 Å². The lowest BCUT2D eigenvalue weighted by atomic mass is 10.3. The van der Waals surface area contributed by atoms with Gasteiger partial charge in [0.05, 0.1) is 11.5 Å². The Labute approximate surface area is 105 Å². The molecule has 1 unspecified atom stereocenters. The summed E-state index contributed by atoms with van der Waals surface area (Å²) in [5, 5.41) is 10.9. The first kappa shape index (κ1) is 16.2. The number of sulfone groups is 1. The van der Waals surface area contributed by atoms with E-state index in [0.717, 1.165) is 12.7 Å². The van der Waals surface area contributed by atoms with E-state index in [1.165, 1.54) is 11.8 Å². The van der Waals surface area contributed by atoms with Gasteiger partial charge in [-0.3, -0.25) is 4.79 Å². The van der Waals surface area contributed by atoms with Gasteiger partial charge in [0, 0.05) is 12.7 Å². The molecule has 100 valence electrons. The van der Waals surface area contributed by atoms with Crippen molar-refractivity contribution in [2.45, 2.75) is 19.9 Å². The molecule has 0 saturated heterocycles. The molecule has 0 saturated carbocycles. The van der Waals surface area contributed by atoms with Crippen molar-refractivity contribution >= 4 is 33.5 Å². The van der Waals surface area contributed by atoms with Crippen molar-refractivity contribution in [3.05, 3.63) is 0 Å². The molecule has 0 aromatic heterocycles. The van der Waals surface area contributed by atoms with Crippen molar-refractivity contribution in [1.82, 2.24) is 5.32 Å². The maximum absolute atomic E-state index is 11.6. The van der Waals surface area contributed by atoms with Crippen LogP contribution in [0.4, 0.5) is 0 Å². The second kappa shape index (κ2) is 7.54. The highest BCUT2D eigenvalue weighted by molar-refractivity contribution is 8.00. The molecule has 1 amide bonds. The van der Waals surface area contributed by atoms with E-state index in [0.29, 0.717) is 5.75 Å². The zero-order valence-electron chi connectivity index (χ0n) is 9.80. The van der Waals surface area contributed by atoms with Crippen LogP contribution in [0.1, 0.15) is 13.8 Å². The molecule has 0 heterocycles. The third-order valence-electron chi connectivity index (χ3n) is 1.84. The highest BCUT2D eigenvalue weighted by Crippen LogP contribution is 2.03. The van der Waals surface area contributed by atoms with Gasteiger partial charge >= 0.3 is 5.97 Å². The Morgan fingerprint density at radius 2 is 2.00 bits per heavy atom. The summed E-state index contributed by atoms with van der Waals surface area (Å²) < 4.78 is 23.1. The number of hydrogen-bond acceptors (Lipinski definition) is 5. The van der Waals surface area contributed by atoms with Crippen LogP contribution in [0.5, 0.6) is 0 Å². The first-order chi connectivity index (χ1) is 7.78. The predicted molar refractivity (Wildman–Crippen MR) is 66.9 cm³/mol. The van der Waals surface area contributed by atoms with Gasteiger partial charge in [0.15, 0.2) is 9.84 Å². The topological polar surface area (TPSA) is 101 Å². The van der Waals surface area contributed by atoms with Crippen LogP contribution in [0.2, 0.25) is 0 Å². The Morgan fingerprint density at radius 3 is 2.41 bits per heavy atom. The van der Waals surface area contributed by atoms with Crippen molar-refractivity contribution in [2.24, 2.45) is 0 Å². The number of aliphatic carboxylic acids is 1. The van der Waals surface area contributed by atoms with Crippen LogP contribution in [0.25, 0.3) is 0 Å². The second-order valence-electron chi connectivity index (χ2n) is 3.40. The van der Waals surface area contributed by atoms with Crippen LogP contribution in [0.15, 0.2) is 0 Å². The Morgan fingerprint density at radius 1 is 1.41 bits per heavy atom. The summed E-state index contributed by atoms with van der Waals surface area (Å²) in [7, 11) is -3.46. The fourth-order valence-electron chi connectivity index (χ4n) is 1.09. The SMILES string of the molecule is CCSCCS(=O)(=O)CC(NC(C)=O)C(=O)O. The zero-order valence-corrected chi connectivity index (χ0v) is 11.4. The van der Waals surface area contributed by atoms with E-state index in [2.05, 4.69) is 5.32 Å². The van der Waals surface area contributed by atoms with Crippen molar-refractivity contribution in [2.75, 3.05) is 23.0 Å². The highest BCUT2D eigenvalue weighted by atomic mass is 32.2. The van der Waals surface area contributed by atoms with Crippen LogP contribution in [-0.4, -0.2) is 54.5 Å². The Kier molecular flexibility index (Phi) is 7.21. The number of thioether (sulfide) groups is 1. The molecule has 0 bridgehead atoms. The summed E-state index contributed by atoms with van der Waals surface area (Å²) >= 11 is 1.47. The van der Waals surface area contributed by atoms with E-state index in [4.69, 9.17) is 5.11 Å². The minimum Gasteiger partial charge on any atom is -0.480 e. The molecule has 0 rings (SSSR count). The minimum atomic E-state index is -3.46. The average Bonchev–Trinajstić information content (AvgIpc) is 2.15. The number of rotatable bonds is 8. The maximum atomic E-state index is 11.6. The summed E-state index contributed by atoms with van der Waals surface area (Å²) in [4.78, 5) is 21.5. The predicted octanol–water partition coefficient (Wildman–Crippen LogP) is -0.256. The lowest BCUT2D eigenvalue weighted by molar-refractivity contribution is -0.140. The fourth-order valence-corrected chi connectivity index (χ4v) is 3.76. The number of carboxylic acids is 1. The molecular weight excluding hydrogens is 266 g/mol. The molecule has 2 N–H and O–H groups in total. The fraction of sp³-hybridized carbons (Fsp3) is 0.778. The summed E-state index contributed by atoms with van der Waals surface area (Å²) in [6.45, 7) is 3.06. The number of nitrogens with one attached hydrogen (secondary N) is 1. The van der Waals surface area contributed by atoms with Crippen LogP contribution < -0.4 is 5.32 Å². The van der Waals surface area contributed by atoms with E-state index in [-0.39, 0.29) is 5.75 Å². The van der Waals surface area contributed by atoms with E-state index in [1.54, 1.807) is 0 Å². The van der Waals surface area contributed by atoms with E-state index in [1.807, 2.05) is 6.92 Å². The standard InChI is InChI=1S/C9H17NO5S2/c1-3-16-4-5-17(14,15)6-8(9(12)13)10-7(2)11/h8H,3-6H2,1-2H3,(H,10,11)(H,12,13). The average molecular weight is 283 g/mol. The molecule has 0 aromatic rings.